The minimum atomic E-state index is 0.321. The van der Waals surface area contributed by atoms with E-state index in [2.05, 4.69) is 0 Å². The Kier molecular flexibility index (Phi) is 1.10. The van der Waals surface area contributed by atoms with Gasteiger partial charge in [-0.2, -0.15) is 0 Å². The molecule has 0 saturated heterocycles. The molecule has 2 heteroatoms. The molecule has 2 fully saturated rings. The van der Waals surface area contributed by atoms with Crippen LogP contribution in [-0.4, -0.2) is 11.2 Å². The maximum Gasteiger partial charge on any atom is 0.133 e. The first-order chi connectivity index (χ1) is 4.27. The Labute approximate surface area is 59.4 Å². The fourth-order valence-electron chi connectivity index (χ4n) is 1.91. The number of alkyl halides is 1. The highest BCUT2D eigenvalue weighted by Crippen LogP contribution is 2.47. The van der Waals surface area contributed by atoms with Gasteiger partial charge < -0.3 is 0 Å². The molecule has 2 rings (SSSR count). The van der Waals surface area contributed by atoms with Crippen molar-refractivity contribution < 1.29 is 4.79 Å². The third-order valence-electron chi connectivity index (χ3n) is 2.55. The third-order valence-corrected chi connectivity index (χ3v) is 3.05. The normalized spacial score (nSPS) is 48.6. The van der Waals surface area contributed by atoms with Crippen molar-refractivity contribution in [3.05, 3.63) is 0 Å². The fraction of sp³-hybridized carbons (Fsp3) is 0.857. The van der Waals surface area contributed by atoms with E-state index in [1.165, 1.54) is 0 Å². The molecule has 0 aromatic carbocycles. The minimum absolute atomic E-state index is 0.321. The van der Waals surface area contributed by atoms with Crippen molar-refractivity contribution in [1.82, 2.24) is 0 Å². The zero-order valence-corrected chi connectivity index (χ0v) is 5.90. The lowest BCUT2D eigenvalue weighted by Gasteiger charge is -2.34. The second-order valence-electron chi connectivity index (χ2n) is 3.12. The molecule has 0 heterocycles. The van der Waals surface area contributed by atoms with Gasteiger partial charge in [0.1, 0.15) is 5.78 Å². The molecule has 3 atom stereocenters. The molecule has 2 aliphatic carbocycles. The number of hydrogen-bond acceptors (Lipinski definition) is 1. The van der Waals surface area contributed by atoms with Crippen molar-refractivity contribution in [3.8, 4) is 0 Å². The summed E-state index contributed by atoms with van der Waals surface area (Å²) in [6.45, 7) is 0. The predicted octanol–water partition coefficient (Wildman–Crippen LogP) is 1.59. The summed E-state index contributed by atoms with van der Waals surface area (Å²) in [6.07, 6.45) is 2.66. The number of hydrogen-bond donors (Lipinski definition) is 0. The largest absolute Gasteiger partial charge is 0.300 e. The first kappa shape index (κ1) is 5.72. The smallest absolute Gasteiger partial charge is 0.133 e. The van der Waals surface area contributed by atoms with Crippen molar-refractivity contribution in [2.75, 3.05) is 0 Å². The van der Waals surface area contributed by atoms with Crippen LogP contribution in [0.15, 0.2) is 0 Å². The Morgan fingerprint density at radius 1 is 1.44 bits per heavy atom. The van der Waals surface area contributed by atoms with Gasteiger partial charge in [0.15, 0.2) is 0 Å². The predicted molar refractivity (Wildman–Crippen MR) is 35.5 cm³/mol. The van der Waals surface area contributed by atoms with Crippen LogP contribution in [0.3, 0.4) is 0 Å². The van der Waals surface area contributed by atoms with Gasteiger partial charge in [-0.15, -0.1) is 11.6 Å². The number of carbonyl (C=O) groups excluding carboxylic acids is 1. The summed E-state index contributed by atoms with van der Waals surface area (Å²) >= 11 is 5.86. The lowest BCUT2D eigenvalue weighted by Crippen LogP contribution is -2.32. The lowest BCUT2D eigenvalue weighted by molar-refractivity contribution is -0.117. The number of Topliss-reactive ketones (excluding diaryl/α,β-unsaturated/α-hetero) is 1. The Balaban J connectivity index is 2.08. The van der Waals surface area contributed by atoms with Crippen molar-refractivity contribution in [3.63, 3.8) is 0 Å². The summed E-state index contributed by atoms with van der Waals surface area (Å²) in [5, 5.41) is 0.321. The first-order valence-electron chi connectivity index (χ1n) is 3.43. The van der Waals surface area contributed by atoms with Gasteiger partial charge in [-0.05, 0) is 18.3 Å². The van der Waals surface area contributed by atoms with Gasteiger partial charge in [-0.1, -0.05) is 0 Å². The topological polar surface area (TPSA) is 17.1 Å². The minimum Gasteiger partial charge on any atom is -0.300 e. The van der Waals surface area contributed by atoms with Crippen LogP contribution >= 0.6 is 11.6 Å². The van der Waals surface area contributed by atoms with Crippen LogP contribution < -0.4 is 0 Å². The van der Waals surface area contributed by atoms with E-state index in [0.29, 0.717) is 23.0 Å². The summed E-state index contributed by atoms with van der Waals surface area (Å²) in [5.41, 5.74) is 0. The third kappa shape index (κ3) is 0.710. The van der Waals surface area contributed by atoms with E-state index in [0.717, 1.165) is 19.3 Å². The molecule has 2 saturated carbocycles. The van der Waals surface area contributed by atoms with Crippen LogP contribution in [0.2, 0.25) is 0 Å². The number of ketones is 1. The van der Waals surface area contributed by atoms with E-state index in [9.17, 15) is 4.79 Å². The van der Waals surface area contributed by atoms with Gasteiger partial charge in [-0.25, -0.2) is 0 Å². The van der Waals surface area contributed by atoms with Crippen LogP contribution in [0.25, 0.3) is 0 Å². The maximum atomic E-state index is 10.8. The van der Waals surface area contributed by atoms with E-state index in [4.69, 9.17) is 11.6 Å². The Morgan fingerprint density at radius 3 is 2.67 bits per heavy atom. The van der Waals surface area contributed by atoms with Gasteiger partial charge >= 0.3 is 0 Å². The highest BCUT2D eigenvalue weighted by Gasteiger charge is 2.46. The summed E-state index contributed by atoms with van der Waals surface area (Å²) in [6, 6.07) is 0. The Morgan fingerprint density at radius 2 is 2.22 bits per heavy atom. The van der Waals surface area contributed by atoms with Gasteiger partial charge in [0, 0.05) is 18.2 Å². The second-order valence-corrected chi connectivity index (χ2v) is 3.68. The summed E-state index contributed by atoms with van der Waals surface area (Å²) in [4.78, 5) is 10.8. The zero-order valence-electron chi connectivity index (χ0n) is 5.14. The Hall–Kier alpha value is -0.0400. The SMILES string of the molecule is O=C1CC2CC(Cl)C2C1. The highest BCUT2D eigenvalue weighted by atomic mass is 35.5. The average Bonchev–Trinajstić information content (AvgIpc) is 2.08. The van der Waals surface area contributed by atoms with Crippen molar-refractivity contribution >= 4 is 17.4 Å². The molecule has 2 aliphatic rings. The van der Waals surface area contributed by atoms with Crippen LogP contribution in [0.5, 0.6) is 0 Å². The molecule has 0 spiro atoms. The number of carbonyl (C=O) groups is 1. The van der Waals surface area contributed by atoms with Crippen LogP contribution in [0.1, 0.15) is 19.3 Å². The molecule has 9 heavy (non-hydrogen) atoms. The van der Waals surface area contributed by atoms with Gasteiger partial charge in [0.05, 0.1) is 0 Å². The molecular formula is C7H9ClO. The van der Waals surface area contributed by atoms with Gasteiger partial charge in [-0.3, -0.25) is 4.79 Å². The first-order valence-corrected chi connectivity index (χ1v) is 3.87. The standard InChI is InChI=1S/C7H9ClO/c8-7-2-4-1-5(9)3-6(4)7/h4,6-7H,1-3H2. The van der Waals surface area contributed by atoms with Gasteiger partial charge in [0.25, 0.3) is 0 Å². The van der Waals surface area contributed by atoms with E-state index in [1.807, 2.05) is 0 Å². The van der Waals surface area contributed by atoms with Gasteiger partial charge in [0.2, 0.25) is 0 Å². The molecule has 0 bridgehead atoms. The summed E-state index contributed by atoms with van der Waals surface area (Å²) < 4.78 is 0. The summed E-state index contributed by atoms with van der Waals surface area (Å²) in [5.74, 6) is 1.65. The molecule has 0 aromatic heterocycles. The van der Waals surface area contributed by atoms with Crippen molar-refractivity contribution in [2.24, 2.45) is 11.8 Å². The average molecular weight is 145 g/mol. The van der Waals surface area contributed by atoms with Crippen LogP contribution in [-0.2, 0) is 4.79 Å². The van der Waals surface area contributed by atoms with Crippen molar-refractivity contribution in [1.29, 1.82) is 0 Å². The molecule has 1 nitrogen and oxygen atoms in total. The lowest BCUT2D eigenvalue weighted by atomic mass is 9.76. The van der Waals surface area contributed by atoms with E-state index >= 15 is 0 Å². The molecule has 0 aromatic rings. The molecule has 0 radical (unpaired) electrons. The molecule has 0 N–H and O–H groups in total. The van der Waals surface area contributed by atoms with Crippen LogP contribution in [0, 0.1) is 11.8 Å². The maximum absolute atomic E-state index is 10.8. The monoisotopic (exact) mass is 144 g/mol. The number of halogens is 1. The Bertz CT molecular complexity index is 155. The van der Waals surface area contributed by atoms with E-state index < -0.39 is 0 Å². The quantitative estimate of drug-likeness (QED) is 0.472. The fourth-order valence-corrected chi connectivity index (χ4v) is 2.43. The molecule has 0 amide bonds. The van der Waals surface area contributed by atoms with Crippen LogP contribution in [0.4, 0.5) is 0 Å². The highest BCUT2D eigenvalue weighted by molar-refractivity contribution is 6.21. The molecule has 3 unspecified atom stereocenters. The van der Waals surface area contributed by atoms with E-state index in [1.54, 1.807) is 0 Å². The second kappa shape index (κ2) is 1.72. The summed E-state index contributed by atoms with van der Waals surface area (Å²) in [7, 11) is 0. The van der Waals surface area contributed by atoms with Crippen molar-refractivity contribution in [2.45, 2.75) is 24.6 Å². The molecule has 50 valence electrons. The number of fused-ring (bicyclic) bond motifs is 1. The molecule has 0 aliphatic heterocycles. The number of rotatable bonds is 0. The zero-order chi connectivity index (χ0) is 6.43. The molecular weight excluding hydrogens is 136 g/mol. The van der Waals surface area contributed by atoms with E-state index in [-0.39, 0.29) is 0 Å².